The van der Waals surface area contributed by atoms with Gasteiger partial charge in [-0.15, -0.1) is 11.3 Å². The highest BCUT2D eigenvalue weighted by atomic mass is 35.5. The third-order valence-electron chi connectivity index (χ3n) is 4.56. The fourth-order valence-electron chi connectivity index (χ4n) is 3.31. The van der Waals surface area contributed by atoms with Crippen molar-refractivity contribution in [1.82, 2.24) is 0 Å². The Balaban J connectivity index is 1.62. The molecule has 0 spiro atoms. The molecule has 26 heavy (non-hydrogen) atoms. The average Bonchev–Trinajstić information content (AvgIpc) is 3.01. The number of carbonyl (C=O) groups excluding carboxylic acids is 1. The van der Waals surface area contributed by atoms with Crippen molar-refractivity contribution in [3.8, 4) is 16.5 Å². The summed E-state index contributed by atoms with van der Waals surface area (Å²) in [6, 6.07) is 17.8. The summed E-state index contributed by atoms with van der Waals surface area (Å²) in [6.07, 6.45) is 2.01. The van der Waals surface area contributed by atoms with Gasteiger partial charge in [-0.3, -0.25) is 4.79 Å². The zero-order valence-corrected chi connectivity index (χ0v) is 15.5. The molecule has 4 rings (SSSR count). The number of carbonyl (C=O) groups is 1. The lowest BCUT2D eigenvalue weighted by Gasteiger charge is -2.15. The number of nitriles is 1. The summed E-state index contributed by atoms with van der Waals surface area (Å²) in [4.78, 5) is 13.5. The fourth-order valence-corrected chi connectivity index (χ4v) is 4.71. The number of hydrogen-bond donors (Lipinski definition) is 1. The number of nitrogens with one attached hydrogen (secondary N) is 1. The summed E-state index contributed by atoms with van der Waals surface area (Å²) in [6.45, 7) is 0. The Bertz CT molecular complexity index is 1030. The zero-order chi connectivity index (χ0) is 18.1. The van der Waals surface area contributed by atoms with E-state index in [0.29, 0.717) is 15.6 Å². The zero-order valence-electron chi connectivity index (χ0n) is 13.9. The average molecular weight is 379 g/mol. The van der Waals surface area contributed by atoms with Gasteiger partial charge < -0.3 is 5.32 Å². The van der Waals surface area contributed by atoms with Crippen molar-refractivity contribution in [2.24, 2.45) is 0 Å². The minimum absolute atomic E-state index is 0.129. The molecule has 1 amide bonds. The second kappa shape index (κ2) is 6.95. The Morgan fingerprint density at radius 2 is 1.92 bits per heavy atom. The first-order chi connectivity index (χ1) is 12.7. The van der Waals surface area contributed by atoms with Crippen molar-refractivity contribution in [3.63, 3.8) is 0 Å². The molecule has 3 aromatic rings. The highest BCUT2D eigenvalue weighted by Crippen LogP contribution is 2.44. The molecule has 1 heterocycles. The Hall–Kier alpha value is -2.61. The van der Waals surface area contributed by atoms with E-state index in [1.54, 1.807) is 12.1 Å². The lowest BCUT2D eigenvalue weighted by molar-refractivity contribution is -0.115. The molecule has 0 aliphatic heterocycles. The Labute approximate surface area is 160 Å². The summed E-state index contributed by atoms with van der Waals surface area (Å²) in [7, 11) is 0. The van der Waals surface area contributed by atoms with Crippen LogP contribution in [0.25, 0.3) is 10.4 Å². The lowest BCUT2D eigenvalue weighted by atomic mass is 9.90. The van der Waals surface area contributed by atoms with Crippen molar-refractivity contribution < 1.29 is 4.79 Å². The van der Waals surface area contributed by atoms with Crippen LogP contribution in [-0.4, -0.2) is 5.91 Å². The molecule has 2 aromatic carbocycles. The van der Waals surface area contributed by atoms with Crippen LogP contribution in [0, 0.1) is 11.3 Å². The maximum atomic E-state index is 12.4. The molecule has 0 fully saturated rings. The largest absolute Gasteiger partial charge is 0.316 e. The molecule has 0 saturated heterocycles. The quantitative estimate of drug-likeness (QED) is 0.679. The molecular weight excluding hydrogens is 364 g/mol. The van der Waals surface area contributed by atoms with Crippen molar-refractivity contribution in [1.29, 1.82) is 5.26 Å². The van der Waals surface area contributed by atoms with E-state index >= 15 is 0 Å². The van der Waals surface area contributed by atoms with Gasteiger partial charge in [0.15, 0.2) is 0 Å². The molecule has 0 unspecified atom stereocenters. The van der Waals surface area contributed by atoms with Crippen LogP contribution in [0.1, 0.15) is 22.3 Å². The van der Waals surface area contributed by atoms with Crippen LogP contribution in [0.4, 0.5) is 5.00 Å². The van der Waals surface area contributed by atoms with Gasteiger partial charge in [-0.25, -0.2) is 0 Å². The van der Waals surface area contributed by atoms with Gasteiger partial charge in [-0.2, -0.15) is 5.26 Å². The maximum Gasteiger partial charge on any atom is 0.229 e. The number of aryl methyl sites for hydroxylation is 1. The molecule has 128 valence electrons. The molecule has 1 N–H and O–H groups in total. The van der Waals surface area contributed by atoms with Crippen LogP contribution >= 0.6 is 22.9 Å². The van der Waals surface area contributed by atoms with E-state index in [0.717, 1.165) is 28.8 Å². The maximum absolute atomic E-state index is 12.4. The molecule has 1 aliphatic rings. The predicted molar refractivity (Wildman–Crippen MR) is 106 cm³/mol. The number of fused-ring (bicyclic) bond motifs is 3. The van der Waals surface area contributed by atoms with Crippen molar-refractivity contribution in [3.05, 3.63) is 75.8 Å². The van der Waals surface area contributed by atoms with E-state index in [1.165, 1.54) is 22.5 Å². The standard InChI is InChI=1S/C21H15ClN2OS/c22-15-8-5-13(6-9-15)11-19(25)24-21-18(12-23)17-10-7-14-3-1-2-4-16(14)20(17)26-21/h1-6,8-9H,7,10-11H2,(H,24,25). The van der Waals surface area contributed by atoms with Crippen LogP contribution in [0.5, 0.6) is 0 Å². The number of rotatable bonds is 3. The van der Waals surface area contributed by atoms with Gasteiger partial charge in [0.1, 0.15) is 11.1 Å². The van der Waals surface area contributed by atoms with E-state index in [4.69, 9.17) is 11.6 Å². The summed E-state index contributed by atoms with van der Waals surface area (Å²) >= 11 is 7.38. The molecule has 3 nitrogen and oxygen atoms in total. The van der Waals surface area contributed by atoms with Gasteiger partial charge >= 0.3 is 0 Å². The summed E-state index contributed by atoms with van der Waals surface area (Å²) in [5, 5.41) is 13.9. The second-order valence-corrected chi connectivity index (χ2v) is 7.69. The molecular formula is C21H15ClN2OS. The highest BCUT2D eigenvalue weighted by Gasteiger charge is 2.25. The van der Waals surface area contributed by atoms with Crippen LogP contribution in [-0.2, 0) is 24.1 Å². The number of anilines is 1. The molecule has 0 bridgehead atoms. The lowest BCUT2D eigenvalue weighted by Crippen LogP contribution is -2.14. The van der Waals surface area contributed by atoms with Crippen molar-refractivity contribution in [2.75, 3.05) is 5.32 Å². The van der Waals surface area contributed by atoms with E-state index < -0.39 is 0 Å². The van der Waals surface area contributed by atoms with Crippen LogP contribution in [0.15, 0.2) is 48.5 Å². The van der Waals surface area contributed by atoms with E-state index in [2.05, 4.69) is 23.5 Å². The first-order valence-corrected chi connectivity index (χ1v) is 9.53. The van der Waals surface area contributed by atoms with E-state index in [-0.39, 0.29) is 12.3 Å². The topological polar surface area (TPSA) is 52.9 Å². The third-order valence-corrected chi connectivity index (χ3v) is 5.99. The number of nitrogens with zero attached hydrogens (tertiary/aromatic N) is 1. The first-order valence-electron chi connectivity index (χ1n) is 8.34. The minimum Gasteiger partial charge on any atom is -0.316 e. The molecule has 1 aliphatic carbocycles. The van der Waals surface area contributed by atoms with Crippen molar-refractivity contribution >= 4 is 33.8 Å². The SMILES string of the molecule is N#Cc1c(NC(=O)Cc2ccc(Cl)cc2)sc2c1CCc1ccccc1-2. The first kappa shape index (κ1) is 16.8. The Morgan fingerprint density at radius 3 is 2.69 bits per heavy atom. The minimum atomic E-state index is -0.129. The van der Waals surface area contributed by atoms with Gasteiger partial charge in [-0.05, 0) is 47.2 Å². The normalized spacial score (nSPS) is 12.0. The van der Waals surface area contributed by atoms with Gasteiger partial charge in [0.2, 0.25) is 5.91 Å². The molecule has 0 saturated carbocycles. The van der Waals surface area contributed by atoms with Gasteiger partial charge in [0.05, 0.1) is 12.0 Å². The van der Waals surface area contributed by atoms with Crippen LogP contribution in [0.3, 0.4) is 0 Å². The smallest absolute Gasteiger partial charge is 0.229 e. The molecule has 1 aromatic heterocycles. The van der Waals surface area contributed by atoms with Gasteiger partial charge in [-0.1, -0.05) is 48.0 Å². The second-order valence-electron chi connectivity index (χ2n) is 6.23. The molecule has 5 heteroatoms. The Morgan fingerprint density at radius 1 is 1.15 bits per heavy atom. The monoisotopic (exact) mass is 378 g/mol. The number of thiophene rings is 1. The fraction of sp³-hybridized carbons (Fsp3) is 0.143. The third kappa shape index (κ3) is 3.12. The number of halogens is 1. The highest BCUT2D eigenvalue weighted by molar-refractivity contribution is 7.20. The Kier molecular flexibility index (Phi) is 4.50. The molecule has 0 atom stereocenters. The summed E-state index contributed by atoms with van der Waals surface area (Å²) in [5.41, 5.74) is 5.01. The number of hydrogen-bond acceptors (Lipinski definition) is 3. The van der Waals surface area contributed by atoms with Gasteiger partial charge in [0.25, 0.3) is 0 Å². The van der Waals surface area contributed by atoms with Crippen LogP contribution < -0.4 is 5.32 Å². The molecule has 0 radical (unpaired) electrons. The predicted octanol–water partition coefficient (Wildman–Crippen LogP) is 5.22. The van der Waals surface area contributed by atoms with Crippen molar-refractivity contribution in [2.45, 2.75) is 19.3 Å². The van der Waals surface area contributed by atoms with Gasteiger partial charge in [0, 0.05) is 9.90 Å². The number of amides is 1. The number of benzene rings is 2. The van der Waals surface area contributed by atoms with Crippen LogP contribution in [0.2, 0.25) is 5.02 Å². The van der Waals surface area contributed by atoms with E-state index in [9.17, 15) is 10.1 Å². The summed E-state index contributed by atoms with van der Waals surface area (Å²) < 4.78 is 0. The van der Waals surface area contributed by atoms with E-state index in [1.807, 2.05) is 24.3 Å². The summed E-state index contributed by atoms with van der Waals surface area (Å²) in [5.74, 6) is -0.129.